The molecule has 1 saturated heterocycles. The maximum Gasteiger partial charge on any atom is 0.332 e. The Hall–Kier alpha value is -2.99. The Morgan fingerprint density at radius 1 is 0.964 bits per heavy atom. The molecule has 2 aromatic carbocycles. The summed E-state index contributed by atoms with van der Waals surface area (Å²) in [4.78, 5) is 40.1. The second-order valence-corrected chi connectivity index (χ2v) is 6.66. The summed E-state index contributed by atoms with van der Waals surface area (Å²) in [7, 11) is 1.52. The molecule has 1 fully saturated rings. The molecule has 1 aliphatic rings. The molecule has 0 amide bonds. The summed E-state index contributed by atoms with van der Waals surface area (Å²) in [5.74, 6) is -1.55. The van der Waals surface area contributed by atoms with Crippen molar-refractivity contribution in [3.63, 3.8) is 0 Å². The van der Waals surface area contributed by atoms with Gasteiger partial charge in [0.2, 0.25) is 11.6 Å². The summed E-state index contributed by atoms with van der Waals surface area (Å²) in [6, 6.07) is 14.3. The van der Waals surface area contributed by atoms with Crippen molar-refractivity contribution in [1.82, 2.24) is 4.90 Å². The highest BCUT2D eigenvalue weighted by Crippen LogP contribution is 2.18. The van der Waals surface area contributed by atoms with Crippen LogP contribution in [0.3, 0.4) is 0 Å². The smallest absolute Gasteiger partial charge is 0.332 e. The molecule has 3 rings (SSSR count). The highest BCUT2D eigenvalue weighted by Gasteiger charge is 2.39. The van der Waals surface area contributed by atoms with Gasteiger partial charge in [0.25, 0.3) is 0 Å². The number of methoxy groups -OCH3 is 1. The van der Waals surface area contributed by atoms with Gasteiger partial charge < -0.3 is 9.47 Å². The van der Waals surface area contributed by atoms with Crippen molar-refractivity contribution < 1.29 is 23.9 Å². The first-order valence-corrected chi connectivity index (χ1v) is 9.27. The largest absolute Gasteiger partial charge is 0.497 e. The van der Waals surface area contributed by atoms with E-state index in [4.69, 9.17) is 9.47 Å². The minimum absolute atomic E-state index is 0.0635. The Bertz CT molecular complexity index is 826. The Morgan fingerprint density at radius 3 is 2.21 bits per heavy atom. The van der Waals surface area contributed by atoms with Crippen LogP contribution in [0.15, 0.2) is 54.6 Å². The first kappa shape index (κ1) is 19.8. The molecule has 0 bridgehead atoms. The van der Waals surface area contributed by atoms with Crippen molar-refractivity contribution in [2.45, 2.75) is 25.5 Å². The van der Waals surface area contributed by atoms with Gasteiger partial charge >= 0.3 is 5.97 Å². The summed E-state index contributed by atoms with van der Waals surface area (Å²) in [6.07, 6.45) is 1.76. The number of carbonyl (C=O) groups is 3. The quantitative estimate of drug-likeness (QED) is 0.303. The number of nitrogens with zero attached hydrogens (tertiary/aromatic N) is 1. The molecule has 0 saturated carbocycles. The van der Waals surface area contributed by atoms with Crippen LogP contribution in [0.25, 0.3) is 0 Å². The van der Waals surface area contributed by atoms with Crippen LogP contribution in [0.2, 0.25) is 0 Å². The van der Waals surface area contributed by atoms with Crippen molar-refractivity contribution in [3.8, 4) is 5.75 Å². The zero-order valence-corrected chi connectivity index (χ0v) is 15.8. The highest BCUT2D eigenvalue weighted by molar-refractivity contribution is 6.48. The summed E-state index contributed by atoms with van der Waals surface area (Å²) in [6.45, 7) is 1.24. The van der Waals surface area contributed by atoms with E-state index in [0.717, 1.165) is 18.4 Å². The van der Waals surface area contributed by atoms with Crippen LogP contribution in [0.4, 0.5) is 0 Å². The second-order valence-electron chi connectivity index (χ2n) is 6.66. The van der Waals surface area contributed by atoms with E-state index in [2.05, 4.69) is 0 Å². The van der Waals surface area contributed by atoms with Crippen LogP contribution in [-0.2, 0) is 20.9 Å². The number of ketones is 2. The van der Waals surface area contributed by atoms with Crippen molar-refractivity contribution >= 4 is 17.5 Å². The van der Waals surface area contributed by atoms with Gasteiger partial charge in [-0.15, -0.1) is 0 Å². The minimum Gasteiger partial charge on any atom is -0.497 e. The van der Waals surface area contributed by atoms with Crippen molar-refractivity contribution in [2.24, 2.45) is 0 Å². The topological polar surface area (TPSA) is 72.9 Å². The predicted molar refractivity (Wildman–Crippen MR) is 103 cm³/mol. The number of rotatable bonds is 8. The maximum atomic E-state index is 12.9. The van der Waals surface area contributed by atoms with Gasteiger partial charge in [-0.1, -0.05) is 30.3 Å². The number of Topliss-reactive ketones (excluding diaryl/α,β-unsaturated/α-hetero) is 2. The van der Waals surface area contributed by atoms with Crippen molar-refractivity contribution in [2.75, 3.05) is 20.2 Å². The zero-order chi connectivity index (χ0) is 19.9. The van der Waals surface area contributed by atoms with Crippen molar-refractivity contribution in [1.29, 1.82) is 0 Å². The normalized spacial score (nSPS) is 15.0. The molecule has 28 heavy (non-hydrogen) atoms. The third-order valence-electron chi connectivity index (χ3n) is 4.78. The molecule has 2 aromatic rings. The Morgan fingerprint density at radius 2 is 1.61 bits per heavy atom. The average Bonchev–Trinajstić information content (AvgIpc) is 3.27. The van der Waals surface area contributed by atoms with E-state index in [9.17, 15) is 14.4 Å². The van der Waals surface area contributed by atoms with Crippen LogP contribution in [0, 0.1) is 0 Å². The molecule has 1 unspecified atom stereocenters. The number of ether oxygens (including phenoxy) is 2. The first-order chi connectivity index (χ1) is 13.6. The van der Waals surface area contributed by atoms with E-state index < -0.39 is 23.6 Å². The van der Waals surface area contributed by atoms with Crippen LogP contribution in [-0.4, -0.2) is 48.7 Å². The molecule has 1 atom stereocenters. The van der Waals surface area contributed by atoms with Gasteiger partial charge in [0.1, 0.15) is 12.4 Å². The third-order valence-corrected chi connectivity index (χ3v) is 4.78. The number of esters is 1. The van der Waals surface area contributed by atoms with E-state index in [1.165, 1.54) is 19.2 Å². The number of hydrogen-bond acceptors (Lipinski definition) is 6. The molecular formula is C22H23NO5. The number of hydrogen-bond donors (Lipinski definition) is 0. The Labute approximate surface area is 164 Å². The highest BCUT2D eigenvalue weighted by atomic mass is 16.5. The first-order valence-electron chi connectivity index (χ1n) is 9.27. The fourth-order valence-electron chi connectivity index (χ4n) is 3.24. The Balaban J connectivity index is 1.75. The van der Waals surface area contributed by atoms with Crippen LogP contribution >= 0.6 is 0 Å². The van der Waals surface area contributed by atoms with Gasteiger partial charge in [0.05, 0.1) is 7.11 Å². The summed E-state index contributed by atoms with van der Waals surface area (Å²) < 4.78 is 10.4. The molecular weight excluding hydrogens is 358 g/mol. The number of benzene rings is 2. The van der Waals surface area contributed by atoms with Crippen LogP contribution in [0.5, 0.6) is 5.75 Å². The van der Waals surface area contributed by atoms with E-state index in [1.54, 1.807) is 17.0 Å². The molecule has 1 heterocycles. The van der Waals surface area contributed by atoms with Gasteiger partial charge in [-0.25, -0.2) is 4.79 Å². The third kappa shape index (κ3) is 4.64. The molecule has 0 N–H and O–H groups in total. The fraction of sp³-hybridized carbons (Fsp3) is 0.318. The second kappa shape index (κ2) is 9.28. The van der Waals surface area contributed by atoms with Gasteiger partial charge in [-0.2, -0.15) is 0 Å². The Kier molecular flexibility index (Phi) is 6.55. The molecule has 0 aromatic heterocycles. The van der Waals surface area contributed by atoms with E-state index in [1.807, 2.05) is 30.3 Å². The van der Waals surface area contributed by atoms with Gasteiger partial charge in [-0.3, -0.25) is 14.5 Å². The average molecular weight is 381 g/mol. The summed E-state index contributed by atoms with van der Waals surface area (Å²) >= 11 is 0. The zero-order valence-electron chi connectivity index (χ0n) is 15.8. The van der Waals surface area contributed by atoms with E-state index >= 15 is 0 Å². The van der Waals surface area contributed by atoms with Crippen LogP contribution < -0.4 is 4.74 Å². The molecule has 1 aliphatic heterocycles. The standard InChI is InChI=1S/C22H23NO5/c1-27-18-11-9-17(10-12-18)20(24)21(25)19(23-13-5-6-14-23)22(26)28-15-16-7-3-2-4-8-16/h2-4,7-12,19H,5-6,13-15H2,1H3. The van der Waals surface area contributed by atoms with Crippen LogP contribution in [0.1, 0.15) is 28.8 Å². The van der Waals surface area contributed by atoms with E-state index in [-0.39, 0.29) is 12.2 Å². The maximum absolute atomic E-state index is 12.9. The SMILES string of the molecule is COc1ccc(C(=O)C(=O)C(C(=O)OCc2ccccc2)N2CCCC2)cc1. The van der Waals surface area contributed by atoms with Crippen molar-refractivity contribution in [3.05, 3.63) is 65.7 Å². The summed E-state index contributed by atoms with van der Waals surface area (Å²) in [5.41, 5.74) is 1.05. The lowest BCUT2D eigenvalue weighted by molar-refractivity contribution is -0.153. The lowest BCUT2D eigenvalue weighted by Crippen LogP contribution is -2.49. The van der Waals surface area contributed by atoms with Gasteiger partial charge in [0.15, 0.2) is 6.04 Å². The molecule has 0 aliphatic carbocycles. The molecule has 0 radical (unpaired) electrons. The lowest BCUT2D eigenvalue weighted by Gasteiger charge is -2.24. The van der Waals surface area contributed by atoms with Gasteiger partial charge in [0, 0.05) is 5.56 Å². The monoisotopic (exact) mass is 381 g/mol. The fourth-order valence-corrected chi connectivity index (χ4v) is 3.24. The predicted octanol–water partition coefficient (Wildman–Crippen LogP) is 2.65. The van der Waals surface area contributed by atoms with E-state index in [0.29, 0.717) is 18.8 Å². The summed E-state index contributed by atoms with van der Waals surface area (Å²) in [5, 5.41) is 0. The van der Waals surface area contributed by atoms with Gasteiger partial charge in [-0.05, 0) is 55.8 Å². The molecule has 0 spiro atoms. The minimum atomic E-state index is -1.21. The molecule has 146 valence electrons. The molecule has 6 nitrogen and oxygen atoms in total. The number of likely N-dealkylation sites (tertiary alicyclic amines) is 1. The lowest BCUT2D eigenvalue weighted by atomic mass is 10.0. The molecule has 6 heteroatoms. The number of carbonyl (C=O) groups excluding carboxylic acids is 3.